The SMILES string of the molecule is O=C(O)[C@@H](c1c[nH]c2ccccc12)N1CCC(c2noc3cc(F)ccc23)CC1. The maximum atomic E-state index is 13.4. The number of para-hydroxylation sites is 1. The quantitative estimate of drug-likeness (QED) is 0.535. The third-order valence-corrected chi connectivity index (χ3v) is 5.89. The molecule has 6 nitrogen and oxygen atoms in total. The Hall–Kier alpha value is -3.19. The van der Waals surface area contributed by atoms with Crippen LogP contribution in [0.15, 0.2) is 53.2 Å². The molecular weight excluding hydrogens is 373 g/mol. The first-order valence-electron chi connectivity index (χ1n) is 9.69. The number of likely N-dealkylation sites (tertiary alicyclic amines) is 1. The van der Waals surface area contributed by atoms with Gasteiger partial charge in [0.15, 0.2) is 5.58 Å². The van der Waals surface area contributed by atoms with Crippen molar-refractivity contribution in [3.63, 3.8) is 0 Å². The molecule has 5 rings (SSSR count). The summed E-state index contributed by atoms with van der Waals surface area (Å²) in [5.41, 5.74) is 3.00. The number of aliphatic carboxylic acids is 1. The van der Waals surface area contributed by atoms with Crippen molar-refractivity contribution < 1.29 is 18.8 Å². The molecule has 0 unspecified atom stereocenters. The highest BCUT2D eigenvalue weighted by Gasteiger charge is 2.34. The topological polar surface area (TPSA) is 82.4 Å². The lowest BCUT2D eigenvalue weighted by Gasteiger charge is -2.35. The number of halogens is 1. The van der Waals surface area contributed by atoms with E-state index in [1.54, 1.807) is 12.3 Å². The second-order valence-electron chi connectivity index (χ2n) is 7.55. The highest BCUT2D eigenvalue weighted by atomic mass is 19.1. The van der Waals surface area contributed by atoms with Gasteiger partial charge in [0.2, 0.25) is 0 Å². The van der Waals surface area contributed by atoms with Crippen molar-refractivity contribution in [2.45, 2.75) is 24.8 Å². The van der Waals surface area contributed by atoms with Crippen molar-refractivity contribution in [3.05, 3.63) is 65.7 Å². The van der Waals surface area contributed by atoms with E-state index in [1.807, 2.05) is 29.2 Å². The van der Waals surface area contributed by atoms with Crippen LogP contribution in [0.4, 0.5) is 4.39 Å². The van der Waals surface area contributed by atoms with Crippen LogP contribution in [-0.2, 0) is 4.79 Å². The van der Waals surface area contributed by atoms with Crippen LogP contribution in [0.5, 0.6) is 0 Å². The summed E-state index contributed by atoms with van der Waals surface area (Å²) in [6.45, 7) is 1.27. The number of hydrogen-bond donors (Lipinski definition) is 2. The summed E-state index contributed by atoms with van der Waals surface area (Å²) in [5, 5.41) is 15.9. The summed E-state index contributed by atoms with van der Waals surface area (Å²) in [5.74, 6) is -1.04. The number of rotatable bonds is 4. The number of benzene rings is 2. The lowest BCUT2D eigenvalue weighted by atomic mass is 9.90. The van der Waals surface area contributed by atoms with Crippen LogP contribution < -0.4 is 0 Å². The zero-order chi connectivity index (χ0) is 20.0. The molecule has 0 radical (unpaired) electrons. The minimum atomic E-state index is -0.851. The molecule has 0 bridgehead atoms. The normalized spacial score (nSPS) is 17.1. The van der Waals surface area contributed by atoms with E-state index in [9.17, 15) is 14.3 Å². The number of fused-ring (bicyclic) bond motifs is 2. The van der Waals surface area contributed by atoms with Gasteiger partial charge >= 0.3 is 5.97 Å². The van der Waals surface area contributed by atoms with Gasteiger partial charge in [-0.15, -0.1) is 0 Å². The molecule has 148 valence electrons. The fourth-order valence-corrected chi connectivity index (χ4v) is 4.46. The van der Waals surface area contributed by atoms with Gasteiger partial charge < -0.3 is 14.6 Å². The average Bonchev–Trinajstić information content (AvgIpc) is 3.33. The number of carboxylic acids is 1. The molecule has 0 aliphatic carbocycles. The largest absolute Gasteiger partial charge is 0.480 e. The van der Waals surface area contributed by atoms with E-state index in [4.69, 9.17) is 4.52 Å². The van der Waals surface area contributed by atoms with Crippen molar-refractivity contribution in [2.24, 2.45) is 0 Å². The number of aromatic nitrogens is 2. The predicted molar refractivity (Wildman–Crippen MR) is 106 cm³/mol. The molecule has 0 saturated carbocycles. The average molecular weight is 393 g/mol. The van der Waals surface area contributed by atoms with Crippen LogP contribution in [0, 0.1) is 5.82 Å². The molecule has 1 atom stereocenters. The molecule has 2 aromatic carbocycles. The number of piperidine rings is 1. The maximum Gasteiger partial charge on any atom is 0.325 e. The Bertz CT molecular complexity index is 1190. The maximum absolute atomic E-state index is 13.4. The zero-order valence-electron chi connectivity index (χ0n) is 15.6. The molecule has 1 aliphatic heterocycles. The molecule has 0 amide bonds. The van der Waals surface area contributed by atoms with Gasteiger partial charge in [-0.1, -0.05) is 23.4 Å². The number of nitrogens with zero attached hydrogens (tertiary/aromatic N) is 2. The second kappa shape index (κ2) is 7.00. The summed E-state index contributed by atoms with van der Waals surface area (Å²) >= 11 is 0. The van der Waals surface area contributed by atoms with E-state index in [2.05, 4.69) is 10.1 Å². The smallest absolute Gasteiger partial charge is 0.325 e. The molecule has 0 spiro atoms. The molecule has 29 heavy (non-hydrogen) atoms. The number of carboxylic acid groups (broad SMARTS) is 1. The third-order valence-electron chi connectivity index (χ3n) is 5.89. The number of H-pyrrole nitrogens is 1. The lowest BCUT2D eigenvalue weighted by molar-refractivity contribution is -0.144. The fraction of sp³-hybridized carbons (Fsp3) is 0.273. The zero-order valence-corrected chi connectivity index (χ0v) is 15.6. The first kappa shape index (κ1) is 17.9. The molecule has 7 heteroatoms. The molecular formula is C22H20FN3O3. The summed E-state index contributed by atoms with van der Waals surface area (Å²) in [7, 11) is 0. The summed E-state index contributed by atoms with van der Waals surface area (Å²) in [4.78, 5) is 17.3. The number of nitrogens with one attached hydrogen (secondary N) is 1. The van der Waals surface area contributed by atoms with E-state index in [0.717, 1.165) is 40.4 Å². The molecule has 4 aromatic rings. The van der Waals surface area contributed by atoms with Gasteiger partial charge in [0.05, 0.1) is 5.69 Å². The Morgan fingerprint density at radius 1 is 1.21 bits per heavy atom. The van der Waals surface area contributed by atoms with Gasteiger partial charge in [0.25, 0.3) is 0 Å². The van der Waals surface area contributed by atoms with E-state index in [0.29, 0.717) is 18.7 Å². The minimum Gasteiger partial charge on any atom is -0.480 e. The van der Waals surface area contributed by atoms with Crippen LogP contribution in [0.2, 0.25) is 0 Å². The van der Waals surface area contributed by atoms with Crippen molar-refractivity contribution in [1.82, 2.24) is 15.0 Å². The molecule has 1 saturated heterocycles. The number of carbonyl (C=O) groups is 1. The van der Waals surface area contributed by atoms with Crippen LogP contribution in [0.3, 0.4) is 0 Å². The van der Waals surface area contributed by atoms with Gasteiger partial charge in [-0.2, -0.15) is 0 Å². The van der Waals surface area contributed by atoms with Crippen molar-refractivity contribution >= 4 is 27.8 Å². The van der Waals surface area contributed by atoms with E-state index >= 15 is 0 Å². The minimum absolute atomic E-state index is 0.162. The van der Waals surface area contributed by atoms with Crippen molar-refractivity contribution in [3.8, 4) is 0 Å². The Labute approximate surface area is 165 Å². The molecule has 2 aromatic heterocycles. The van der Waals surface area contributed by atoms with Gasteiger partial charge in [-0.3, -0.25) is 9.69 Å². The fourth-order valence-electron chi connectivity index (χ4n) is 4.46. The van der Waals surface area contributed by atoms with Crippen LogP contribution in [0.25, 0.3) is 21.9 Å². The second-order valence-corrected chi connectivity index (χ2v) is 7.55. The summed E-state index contributed by atoms with van der Waals surface area (Å²) in [6, 6.07) is 11.5. The number of hydrogen-bond acceptors (Lipinski definition) is 4. The van der Waals surface area contributed by atoms with Gasteiger partial charge in [-0.25, -0.2) is 4.39 Å². The summed E-state index contributed by atoms with van der Waals surface area (Å²) in [6.07, 6.45) is 3.34. The predicted octanol–water partition coefficient (Wildman–Crippen LogP) is 4.45. The van der Waals surface area contributed by atoms with Crippen molar-refractivity contribution in [2.75, 3.05) is 13.1 Å². The highest BCUT2D eigenvalue weighted by Crippen LogP contribution is 2.36. The van der Waals surface area contributed by atoms with E-state index in [1.165, 1.54) is 12.1 Å². The third kappa shape index (κ3) is 3.07. The van der Waals surface area contributed by atoms with Gasteiger partial charge in [-0.05, 0) is 44.1 Å². The van der Waals surface area contributed by atoms with Crippen molar-refractivity contribution in [1.29, 1.82) is 0 Å². The Morgan fingerprint density at radius 3 is 2.79 bits per heavy atom. The Morgan fingerprint density at radius 2 is 2.00 bits per heavy atom. The number of aromatic amines is 1. The molecule has 3 heterocycles. The Balaban J connectivity index is 1.39. The lowest BCUT2D eigenvalue weighted by Crippen LogP contribution is -2.39. The standard InChI is InChI=1S/C22H20FN3O3/c23-14-5-6-16-19(11-14)29-25-20(16)13-7-9-26(10-8-13)21(22(27)28)17-12-24-18-4-2-1-3-15(17)18/h1-6,11-13,21,24H,7-10H2,(H,27,28)/t21-/m1/s1. The molecule has 2 N–H and O–H groups in total. The van der Waals surface area contributed by atoms with E-state index < -0.39 is 12.0 Å². The highest BCUT2D eigenvalue weighted by molar-refractivity contribution is 5.89. The molecule has 1 aliphatic rings. The van der Waals surface area contributed by atoms with Gasteiger partial charge in [0, 0.05) is 40.0 Å². The molecule has 1 fully saturated rings. The van der Waals surface area contributed by atoms with Crippen LogP contribution in [-0.4, -0.2) is 39.2 Å². The summed E-state index contributed by atoms with van der Waals surface area (Å²) < 4.78 is 18.7. The Kier molecular flexibility index (Phi) is 4.32. The van der Waals surface area contributed by atoms with Crippen LogP contribution in [0.1, 0.15) is 36.1 Å². The van der Waals surface area contributed by atoms with Crippen LogP contribution >= 0.6 is 0 Å². The first-order chi connectivity index (χ1) is 14.1. The monoisotopic (exact) mass is 393 g/mol. The first-order valence-corrected chi connectivity index (χ1v) is 9.69. The van der Waals surface area contributed by atoms with Gasteiger partial charge in [0.1, 0.15) is 11.9 Å². The van der Waals surface area contributed by atoms with E-state index in [-0.39, 0.29) is 11.7 Å².